The monoisotopic (exact) mass is 314 g/mol. The van der Waals surface area contributed by atoms with Crippen molar-refractivity contribution >= 4 is 14.0 Å². The van der Waals surface area contributed by atoms with Crippen molar-refractivity contribution in [1.82, 2.24) is 0 Å². The third kappa shape index (κ3) is 3.97. The molecule has 0 heterocycles. The molecule has 5 nitrogen and oxygen atoms in total. The van der Waals surface area contributed by atoms with Crippen molar-refractivity contribution in [2.75, 3.05) is 34.0 Å². The molecule has 1 rings (SSSR count). The zero-order valence-corrected chi connectivity index (χ0v) is 14.8. The molecular weight excluding hydrogens is 288 g/mol. The van der Waals surface area contributed by atoms with Gasteiger partial charge in [0, 0.05) is 25.9 Å². The molecule has 0 aliphatic carbocycles. The highest BCUT2D eigenvalue weighted by Gasteiger charge is 2.47. The number of ether oxygens (including phenoxy) is 2. The van der Waals surface area contributed by atoms with E-state index in [1.54, 1.807) is 14.2 Å². The fourth-order valence-electron chi connectivity index (χ4n) is 2.31. The van der Waals surface area contributed by atoms with E-state index in [0.717, 1.165) is 16.5 Å². The lowest BCUT2D eigenvalue weighted by molar-refractivity contribution is 0.0852. The normalized spacial score (nSPS) is 11.5. The van der Waals surface area contributed by atoms with Gasteiger partial charge in [-0.05, 0) is 39.3 Å². The maximum atomic E-state index is 5.97. The summed E-state index contributed by atoms with van der Waals surface area (Å²) in [5, 5.41) is 0.872. The Labute approximate surface area is 128 Å². The number of hydrogen-bond acceptors (Lipinski definition) is 5. The first-order valence-corrected chi connectivity index (χ1v) is 8.95. The van der Waals surface area contributed by atoms with Crippen LogP contribution in [-0.2, 0) is 13.3 Å². The van der Waals surface area contributed by atoms with Crippen molar-refractivity contribution in [3.63, 3.8) is 0 Å². The highest BCUT2D eigenvalue weighted by molar-refractivity contribution is 6.76. The molecule has 6 heteroatoms. The minimum absolute atomic E-state index is 0.515. The van der Waals surface area contributed by atoms with E-state index < -0.39 is 8.80 Å². The summed E-state index contributed by atoms with van der Waals surface area (Å²) >= 11 is 0. The Kier molecular flexibility index (Phi) is 7.17. The summed E-state index contributed by atoms with van der Waals surface area (Å²) in [6.45, 7) is 9.34. The van der Waals surface area contributed by atoms with E-state index in [0.29, 0.717) is 25.6 Å². The molecule has 1 aromatic carbocycles. The summed E-state index contributed by atoms with van der Waals surface area (Å²) in [7, 11) is 0.259. The van der Waals surface area contributed by atoms with Gasteiger partial charge in [0.15, 0.2) is 0 Å². The second-order valence-corrected chi connectivity index (χ2v) is 6.86. The summed E-state index contributed by atoms with van der Waals surface area (Å²) in [6.07, 6.45) is 0. The second kappa shape index (κ2) is 8.38. The molecule has 1 aromatic rings. The quantitative estimate of drug-likeness (QED) is 0.654. The summed E-state index contributed by atoms with van der Waals surface area (Å²) in [5.41, 5.74) is 0.980. The van der Waals surface area contributed by atoms with Crippen LogP contribution in [-0.4, -0.2) is 42.8 Å². The lowest BCUT2D eigenvalue weighted by Gasteiger charge is -2.31. The average Bonchev–Trinajstić information content (AvgIpc) is 2.46. The van der Waals surface area contributed by atoms with Crippen molar-refractivity contribution in [3.05, 3.63) is 17.7 Å². The van der Waals surface area contributed by atoms with Crippen LogP contribution >= 0.6 is 0 Å². The molecule has 0 spiro atoms. The van der Waals surface area contributed by atoms with E-state index in [-0.39, 0.29) is 0 Å². The molecule has 0 saturated heterocycles. The first-order chi connectivity index (χ1) is 10.1. The van der Waals surface area contributed by atoms with Crippen molar-refractivity contribution in [2.45, 2.75) is 27.7 Å². The average molecular weight is 314 g/mol. The third-order valence-corrected chi connectivity index (χ3v) is 6.30. The van der Waals surface area contributed by atoms with Gasteiger partial charge in [-0.15, -0.1) is 0 Å². The molecule has 120 valence electrons. The highest BCUT2D eigenvalue weighted by atomic mass is 28.4. The van der Waals surface area contributed by atoms with Crippen LogP contribution in [0.1, 0.15) is 26.3 Å². The Bertz CT molecular complexity index is 433. The predicted octanol–water partition coefficient (Wildman–Crippen LogP) is 2.27. The lowest BCUT2D eigenvalue weighted by atomic mass is 10.2. The zero-order valence-electron chi connectivity index (χ0n) is 13.8. The topological polar surface area (TPSA) is 46.2 Å². The minimum Gasteiger partial charge on any atom is -0.497 e. The summed E-state index contributed by atoms with van der Waals surface area (Å²) in [5.74, 6) is 1.41. The van der Waals surface area contributed by atoms with Crippen LogP contribution < -0.4 is 14.7 Å². The van der Waals surface area contributed by atoms with Crippen molar-refractivity contribution in [2.24, 2.45) is 0 Å². The Hall–Kier alpha value is -1.08. The molecule has 0 atom stereocenters. The molecule has 21 heavy (non-hydrogen) atoms. The molecule has 0 saturated carbocycles. The molecule has 0 N–H and O–H groups in total. The van der Waals surface area contributed by atoms with E-state index in [4.69, 9.17) is 22.8 Å². The molecule has 0 amide bonds. The van der Waals surface area contributed by atoms with Gasteiger partial charge in [0.05, 0.1) is 19.4 Å². The Morgan fingerprint density at radius 2 is 1.38 bits per heavy atom. The van der Waals surface area contributed by atoms with Gasteiger partial charge < -0.3 is 22.8 Å². The predicted molar refractivity (Wildman–Crippen MR) is 84.5 cm³/mol. The zero-order chi connectivity index (χ0) is 15.9. The van der Waals surface area contributed by atoms with Gasteiger partial charge in [0.2, 0.25) is 0 Å². The standard InChI is InChI=1S/C15H26O5Si/c1-7-18-21(19-8-2,20-9-3)15-12(4)10-13(16-5)11-14(15)17-6/h10-11H,7-9H2,1-6H3. The molecule has 0 bridgehead atoms. The molecule has 0 aliphatic heterocycles. The van der Waals surface area contributed by atoms with Gasteiger partial charge in [-0.25, -0.2) is 0 Å². The maximum absolute atomic E-state index is 5.97. The molecular formula is C15H26O5Si. The largest absolute Gasteiger partial charge is 0.541 e. The van der Waals surface area contributed by atoms with Crippen LogP contribution in [0.4, 0.5) is 0 Å². The minimum atomic E-state index is -3.00. The van der Waals surface area contributed by atoms with Crippen LogP contribution in [0.5, 0.6) is 11.5 Å². The molecule has 0 radical (unpaired) electrons. The van der Waals surface area contributed by atoms with E-state index >= 15 is 0 Å². The first-order valence-electron chi connectivity index (χ1n) is 7.23. The maximum Gasteiger partial charge on any atom is 0.541 e. The Morgan fingerprint density at radius 3 is 1.76 bits per heavy atom. The smallest absolute Gasteiger partial charge is 0.497 e. The SMILES string of the molecule is CCO[Si](OCC)(OCC)c1c(C)cc(OC)cc1OC. The lowest BCUT2D eigenvalue weighted by Crippen LogP contribution is -2.58. The number of hydrogen-bond donors (Lipinski definition) is 0. The summed E-state index contributed by atoms with van der Waals surface area (Å²) in [6, 6.07) is 3.78. The van der Waals surface area contributed by atoms with Gasteiger partial charge in [0.1, 0.15) is 11.5 Å². The fraction of sp³-hybridized carbons (Fsp3) is 0.600. The van der Waals surface area contributed by atoms with E-state index in [9.17, 15) is 0 Å². The van der Waals surface area contributed by atoms with Gasteiger partial charge >= 0.3 is 8.80 Å². The van der Waals surface area contributed by atoms with Gasteiger partial charge in [-0.2, -0.15) is 0 Å². The Balaban J connectivity index is 3.47. The number of benzene rings is 1. The summed E-state index contributed by atoms with van der Waals surface area (Å²) < 4.78 is 28.7. The molecule has 0 fully saturated rings. The van der Waals surface area contributed by atoms with Crippen LogP contribution in [0, 0.1) is 6.92 Å². The van der Waals surface area contributed by atoms with E-state index in [1.807, 2.05) is 39.8 Å². The van der Waals surface area contributed by atoms with Crippen molar-refractivity contribution in [3.8, 4) is 11.5 Å². The molecule has 0 unspecified atom stereocenters. The van der Waals surface area contributed by atoms with Crippen LogP contribution in [0.15, 0.2) is 12.1 Å². The van der Waals surface area contributed by atoms with Crippen LogP contribution in [0.2, 0.25) is 0 Å². The van der Waals surface area contributed by atoms with E-state index in [1.165, 1.54) is 0 Å². The van der Waals surface area contributed by atoms with Crippen molar-refractivity contribution < 1.29 is 22.8 Å². The molecule has 0 aromatic heterocycles. The third-order valence-electron chi connectivity index (χ3n) is 3.04. The molecule has 0 aliphatic rings. The highest BCUT2D eigenvalue weighted by Crippen LogP contribution is 2.25. The Morgan fingerprint density at radius 1 is 0.857 bits per heavy atom. The summed E-state index contributed by atoms with van der Waals surface area (Å²) in [4.78, 5) is 0. The fourth-order valence-corrected chi connectivity index (χ4v) is 5.16. The second-order valence-electron chi connectivity index (χ2n) is 4.38. The van der Waals surface area contributed by atoms with Gasteiger partial charge in [-0.3, -0.25) is 0 Å². The number of rotatable bonds is 9. The van der Waals surface area contributed by atoms with E-state index in [2.05, 4.69) is 0 Å². The number of aryl methyl sites for hydroxylation is 1. The van der Waals surface area contributed by atoms with Crippen LogP contribution in [0.3, 0.4) is 0 Å². The van der Waals surface area contributed by atoms with Crippen molar-refractivity contribution in [1.29, 1.82) is 0 Å². The first kappa shape index (κ1) is 18.0. The number of methoxy groups -OCH3 is 2. The van der Waals surface area contributed by atoms with Crippen LogP contribution in [0.25, 0.3) is 0 Å². The van der Waals surface area contributed by atoms with Gasteiger partial charge in [-0.1, -0.05) is 0 Å². The van der Waals surface area contributed by atoms with Gasteiger partial charge in [0.25, 0.3) is 0 Å².